The highest BCUT2D eigenvalue weighted by atomic mass is 16.7. The second-order valence-corrected chi connectivity index (χ2v) is 5.76. The van der Waals surface area contributed by atoms with Crippen LogP contribution in [0.25, 0.3) is 0 Å². The van der Waals surface area contributed by atoms with E-state index in [1.165, 1.54) is 4.90 Å². The molecule has 3 fully saturated rings. The molecule has 2 spiro atoms. The number of imide groups is 1. The van der Waals surface area contributed by atoms with Crippen molar-refractivity contribution in [2.24, 2.45) is 0 Å². The van der Waals surface area contributed by atoms with Crippen molar-refractivity contribution in [3.8, 4) is 0 Å². The van der Waals surface area contributed by atoms with Gasteiger partial charge in [0.2, 0.25) is 11.8 Å². The van der Waals surface area contributed by atoms with E-state index in [2.05, 4.69) is 5.32 Å². The number of carbonyl (C=O) groups is 2. The zero-order valence-corrected chi connectivity index (χ0v) is 11.4. The van der Waals surface area contributed by atoms with E-state index in [1.54, 1.807) is 14.0 Å². The minimum Gasteiger partial charge on any atom is -0.348 e. The predicted octanol–water partition coefficient (Wildman–Crippen LogP) is 0.0190. The number of rotatable bonds is 0. The molecule has 0 aromatic heterocycles. The van der Waals surface area contributed by atoms with Gasteiger partial charge in [-0.25, -0.2) is 0 Å². The second kappa shape index (κ2) is 4.26. The number of likely N-dealkylation sites (N-methyl/N-ethyl adjacent to an activating group) is 1. The summed E-state index contributed by atoms with van der Waals surface area (Å²) in [5, 5.41) is 3.22. The van der Waals surface area contributed by atoms with Gasteiger partial charge in [-0.3, -0.25) is 19.8 Å². The topological polar surface area (TPSA) is 67.9 Å². The lowest BCUT2D eigenvalue weighted by atomic mass is 9.76. The van der Waals surface area contributed by atoms with Gasteiger partial charge in [0.1, 0.15) is 0 Å². The molecule has 1 atom stereocenters. The fourth-order valence-electron chi connectivity index (χ4n) is 3.45. The van der Waals surface area contributed by atoms with Crippen molar-refractivity contribution in [1.82, 2.24) is 10.2 Å². The summed E-state index contributed by atoms with van der Waals surface area (Å²) < 4.78 is 11.4. The van der Waals surface area contributed by atoms with E-state index in [4.69, 9.17) is 9.47 Å². The van der Waals surface area contributed by atoms with E-state index in [1.807, 2.05) is 0 Å². The Morgan fingerprint density at radius 1 is 1.16 bits per heavy atom. The molecule has 0 aromatic carbocycles. The van der Waals surface area contributed by atoms with Crippen LogP contribution in [0.15, 0.2) is 0 Å². The molecule has 6 nitrogen and oxygen atoms in total. The van der Waals surface area contributed by atoms with Crippen LogP contribution in [0, 0.1) is 0 Å². The number of amides is 2. The molecule has 2 amide bonds. The molecule has 1 saturated carbocycles. The number of nitrogens with zero attached hydrogens (tertiary/aromatic N) is 1. The van der Waals surface area contributed by atoms with Gasteiger partial charge in [-0.2, -0.15) is 0 Å². The summed E-state index contributed by atoms with van der Waals surface area (Å²) in [4.78, 5) is 25.5. The number of hydrogen-bond acceptors (Lipinski definition) is 5. The third-order valence-corrected chi connectivity index (χ3v) is 4.59. The molecule has 106 valence electrons. The largest absolute Gasteiger partial charge is 0.348 e. The molecule has 1 aliphatic carbocycles. The Morgan fingerprint density at radius 2 is 1.74 bits per heavy atom. The normalized spacial score (nSPS) is 33.4. The van der Waals surface area contributed by atoms with Gasteiger partial charge in [0.05, 0.1) is 24.8 Å². The van der Waals surface area contributed by atoms with Crippen LogP contribution in [-0.2, 0) is 19.1 Å². The number of nitrogens with one attached hydrogen (secondary N) is 1. The Balaban J connectivity index is 1.78. The predicted molar refractivity (Wildman–Crippen MR) is 66.2 cm³/mol. The van der Waals surface area contributed by atoms with E-state index in [9.17, 15) is 9.59 Å². The van der Waals surface area contributed by atoms with Gasteiger partial charge in [0.15, 0.2) is 5.79 Å². The third kappa shape index (κ3) is 1.89. The summed E-state index contributed by atoms with van der Waals surface area (Å²) in [7, 11) is 1.57. The zero-order valence-electron chi connectivity index (χ0n) is 11.4. The van der Waals surface area contributed by atoms with Crippen LogP contribution in [0.5, 0.6) is 0 Å². The first kappa shape index (κ1) is 13.0. The third-order valence-electron chi connectivity index (χ3n) is 4.59. The van der Waals surface area contributed by atoms with E-state index in [-0.39, 0.29) is 17.9 Å². The fraction of sp³-hybridized carbons (Fsp3) is 0.846. The van der Waals surface area contributed by atoms with E-state index in [0.717, 1.165) is 0 Å². The van der Waals surface area contributed by atoms with Gasteiger partial charge in [0, 0.05) is 19.9 Å². The number of hydrogen-bond donors (Lipinski definition) is 1. The van der Waals surface area contributed by atoms with Crippen molar-refractivity contribution in [3.05, 3.63) is 0 Å². The Labute approximate surface area is 112 Å². The lowest BCUT2D eigenvalue weighted by Gasteiger charge is -2.48. The smallest absolute Gasteiger partial charge is 0.249 e. The SMILES string of the molecule is C[C@@H]1NC2(CCC3(CC2)OCCO3)C(=O)N(C)C1=O. The fourth-order valence-corrected chi connectivity index (χ4v) is 3.45. The lowest BCUT2D eigenvalue weighted by molar-refractivity contribution is -0.192. The number of carbonyl (C=O) groups excluding carboxylic acids is 2. The first-order chi connectivity index (χ1) is 8.98. The molecule has 19 heavy (non-hydrogen) atoms. The van der Waals surface area contributed by atoms with Crippen molar-refractivity contribution >= 4 is 11.8 Å². The Hall–Kier alpha value is -0.980. The van der Waals surface area contributed by atoms with Crippen molar-refractivity contribution in [2.75, 3.05) is 20.3 Å². The van der Waals surface area contributed by atoms with Gasteiger partial charge >= 0.3 is 0 Å². The molecule has 6 heteroatoms. The first-order valence-electron chi connectivity index (χ1n) is 6.86. The van der Waals surface area contributed by atoms with Gasteiger partial charge in [-0.15, -0.1) is 0 Å². The van der Waals surface area contributed by atoms with E-state index >= 15 is 0 Å². The van der Waals surface area contributed by atoms with Gasteiger partial charge < -0.3 is 9.47 Å². The quantitative estimate of drug-likeness (QED) is 0.627. The number of piperazine rings is 1. The maximum atomic E-state index is 12.4. The summed E-state index contributed by atoms with van der Waals surface area (Å²) in [5.74, 6) is -0.774. The molecule has 0 bridgehead atoms. The summed E-state index contributed by atoms with van der Waals surface area (Å²) >= 11 is 0. The highest BCUT2D eigenvalue weighted by Gasteiger charge is 2.54. The van der Waals surface area contributed by atoms with Crippen LogP contribution in [0.4, 0.5) is 0 Å². The number of ether oxygens (including phenoxy) is 2. The lowest BCUT2D eigenvalue weighted by Crippen LogP contribution is -2.70. The maximum Gasteiger partial charge on any atom is 0.249 e. The highest BCUT2D eigenvalue weighted by molar-refractivity contribution is 6.04. The van der Waals surface area contributed by atoms with Crippen LogP contribution < -0.4 is 5.32 Å². The maximum absolute atomic E-state index is 12.4. The summed E-state index contributed by atoms with van der Waals surface area (Å²) in [6.45, 7) is 3.06. The monoisotopic (exact) mass is 268 g/mol. The van der Waals surface area contributed by atoms with Crippen LogP contribution in [0.2, 0.25) is 0 Å². The van der Waals surface area contributed by atoms with Crippen LogP contribution in [-0.4, -0.2) is 54.3 Å². The molecule has 3 rings (SSSR count). The molecule has 0 unspecified atom stereocenters. The van der Waals surface area contributed by atoms with Crippen molar-refractivity contribution in [3.63, 3.8) is 0 Å². The molecule has 2 aliphatic heterocycles. The van der Waals surface area contributed by atoms with Crippen LogP contribution >= 0.6 is 0 Å². The van der Waals surface area contributed by atoms with Gasteiger partial charge in [-0.1, -0.05) is 0 Å². The van der Waals surface area contributed by atoms with Crippen molar-refractivity contribution in [1.29, 1.82) is 0 Å². The van der Waals surface area contributed by atoms with E-state index < -0.39 is 11.3 Å². The van der Waals surface area contributed by atoms with Gasteiger partial charge in [-0.05, 0) is 19.8 Å². The Morgan fingerprint density at radius 3 is 2.32 bits per heavy atom. The van der Waals surface area contributed by atoms with Crippen LogP contribution in [0.1, 0.15) is 32.6 Å². The molecular formula is C13H20N2O4. The standard InChI is InChI=1S/C13H20N2O4/c1-9-10(16)15(2)11(17)12(14-9)3-5-13(6-4-12)18-7-8-19-13/h9,14H,3-8H2,1-2H3/t9-/m0/s1. The first-order valence-corrected chi connectivity index (χ1v) is 6.86. The van der Waals surface area contributed by atoms with Gasteiger partial charge in [0.25, 0.3) is 0 Å². The van der Waals surface area contributed by atoms with Crippen LogP contribution in [0.3, 0.4) is 0 Å². The van der Waals surface area contributed by atoms with Crippen molar-refractivity contribution < 1.29 is 19.1 Å². The Kier molecular flexibility index (Phi) is 2.92. The highest BCUT2D eigenvalue weighted by Crippen LogP contribution is 2.42. The van der Waals surface area contributed by atoms with E-state index in [0.29, 0.717) is 38.9 Å². The minimum atomic E-state index is -0.622. The molecule has 2 heterocycles. The second-order valence-electron chi connectivity index (χ2n) is 5.76. The molecule has 3 aliphatic rings. The summed E-state index contributed by atoms with van der Waals surface area (Å²) in [5.41, 5.74) is -0.622. The summed E-state index contributed by atoms with van der Waals surface area (Å²) in [6.07, 6.45) is 2.68. The molecule has 1 N–H and O–H groups in total. The summed E-state index contributed by atoms with van der Waals surface area (Å²) in [6, 6.07) is -0.317. The molecule has 2 saturated heterocycles. The average Bonchev–Trinajstić information content (AvgIpc) is 2.86. The minimum absolute atomic E-state index is 0.122. The van der Waals surface area contributed by atoms with Crippen molar-refractivity contribution in [2.45, 2.75) is 50.0 Å². The Bertz CT molecular complexity index is 407. The molecular weight excluding hydrogens is 248 g/mol. The average molecular weight is 268 g/mol. The zero-order chi connectivity index (χ0) is 13.7. The molecule has 0 aromatic rings. The molecule has 0 radical (unpaired) electrons.